The Balaban J connectivity index is 1.81. The summed E-state index contributed by atoms with van der Waals surface area (Å²) < 4.78 is 10.4. The standard InChI is InChI=1S/C16H24N4O4/c1-23-12-10-13(24-2)18-15(17-12)20-7-5-16(11-20)4-3-6-19(8-9-21)14(16)22/h10,21H,3-9,11H2,1-2H3/t16-/m1/s1. The van der Waals surface area contributed by atoms with E-state index in [1.54, 1.807) is 25.2 Å². The average molecular weight is 336 g/mol. The summed E-state index contributed by atoms with van der Waals surface area (Å²) in [7, 11) is 3.10. The highest BCUT2D eigenvalue weighted by Gasteiger charge is 2.48. The molecule has 2 aliphatic heterocycles. The number of ether oxygens (including phenoxy) is 2. The van der Waals surface area contributed by atoms with Crippen molar-refractivity contribution in [1.29, 1.82) is 0 Å². The van der Waals surface area contributed by atoms with Crippen molar-refractivity contribution in [2.75, 3.05) is 51.9 Å². The lowest BCUT2D eigenvalue weighted by atomic mass is 9.78. The van der Waals surface area contributed by atoms with Crippen LogP contribution in [0.5, 0.6) is 11.8 Å². The van der Waals surface area contributed by atoms with Crippen LogP contribution in [-0.4, -0.2) is 72.9 Å². The van der Waals surface area contributed by atoms with E-state index in [1.165, 1.54) is 0 Å². The minimum atomic E-state index is -0.396. The number of likely N-dealkylation sites (tertiary alicyclic amines) is 1. The lowest BCUT2D eigenvalue weighted by molar-refractivity contribution is -0.145. The van der Waals surface area contributed by atoms with Crippen LogP contribution in [-0.2, 0) is 4.79 Å². The van der Waals surface area contributed by atoms with E-state index in [9.17, 15) is 4.79 Å². The third kappa shape index (κ3) is 2.98. The Kier molecular flexibility index (Phi) is 4.75. The number of rotatable bonds is 5. The van der Waals surface area contributed by atoms with Crippen molar-refractivity contribution in [2.24, 2.45) is 5.41 Å². The van der Waals surface area contributed by atoms with E-state index in [1.807, 2.05) is 4.90 Å². The molecule has 0 aliphatic carbocycles. The highest BCUT2D eigenvalue weighted by molar-refractivity contribution is 5.85. The fourth-order valence-electron chi connectivity index (χ4n) is 3.65. The first-order chi connectivity index (χ1) is 11.6. The van der Waals surface area contributed by atoms with Crippen LogP contribution in [0.25, 0.3) is 0 Å². The van der Waals surface area contributed by atoms with Crippen LogP contribution in [0, 0.1) is 5.41 Å². The second kappa shape index (κ2) is 6.80. The number of methoxy groups -OCH3 is 2. The monoisotopic (exact) mass is 336 g/mol. The van der Waals surface area contributed by atoms with E-state index >= 15 is 0 Å². The number of carbonyl (C=O) groups is 1. The zero-order valence-corrected chi connectivity index (χ0v) is 14.2. The predicted molar refractivity (Wildman–Crippen MR) is 87.3 cm³/mol. The Morgan fingerprint density at radius 1 is 1.21 bits per heavy atom. The minimum Gasteiger partial charge on any atom is -0.481 e. The zero-order valence-electron chi connectivity index (χ0n) is 14.2. The van der Waals surface area contributed by atoms with Gasteiger partial charge >= 0.3 is 0 Å². The molecule has 0 aromatic carbocycles. The number of β-amino-alcohol motifs (C(OH)–C–C–N with tert-alkyl or cyclic N) is 1. The van der Waals surface area contributed by atoms with Gasteiger partial charge in [-0.3, -0.25) is 4.79 Å². The molecule has 1 atom stereocenters. The number of hydrogen-bond donors (Lipinski definition) is 1. The summed E-state index contributed by atoms with van der Waals surface area (Å²) in [5.41, 5.74) is -0.396. The molecular formula is C16H24N4O4. The van der Waals surface area contributed by atoms with Gasteiger partial charge < -0.3 is 24.4 Å². The van der Waals surface area contributed by atoms with Crippen LogP contribution in [0.15, 0.2) is 6.07 Å². The topological polar surface area (TPSA) is 88.0 Å². The molecule has 0 radical (unpaired) electrons. The normalized spacial score (nSPS) is 23.9. The van der Waals surface area contributed by atoms with Gasteiger partial charge in [0.1, 0.15) is 0 Å². The van der Waals surface area contributed by atoms with Gasteiger partial charge in [0.2, 0.25) is 23.6 Å². The van der Waals surface area contributed by atoms with E-state index in [-0.39, 0.29) is 12.5 Å². The smallest absolute Gasteiger partial charge is 0.232 e. The number of hydrogen-bond acceptors (Lipinski definition) is 7. The number of aliphatic hydroxyl groups excluding tert-OH is 1. The summed E-state index contributed by atoms with van der Waals surface area (Å²) in [6, 6.07) is 1.63. The molecular weight excluding hydrogens is 312 g/mol. The van der Waals surface area contributed by atoms with Gasteiger partial charge in [0.05, 0.1) is 32.3 Å². The third-order valence-corrected chi connectivity index (χ3v) is 4.92. The van der Waals surface area contributed by atoms with Crippen LogP contribution in [0.3, 0.4) is 0 Å². The number of carbonyl (C=O) groups excluding carboxylic acids is 1. The molecule has 0 bridgehead atoms. The number of amides is 1. The van der Waals surface area contributed by atoms with E-state index in [0.29, 0.717) is 30.8 Å². The molecule has 8 nitrogen and oxygen atoms in total. The second-order valence-electron chi connectivity index (χ2n) is 6.32. The fraction of sp³-hybridized carbons (Fsp3) is 0.688. The Labute approximate surface area is 141 Å². The number of piperidine rings is 1. The molecule has 24 heavy (non-hydrogen) atoms. The highest BCUT2D eigenvalue weighted by Crippen LogP contribution is 2.41. The highest BCUT2D eigenvalue weighted by atomic mass is 16.5. The lowest BCUT2D eigenvalue weighted by Gasteiger charge is -2.39. The first kappa shape index (κ1) is 16.8. The van der Waals surface area contributed by atoms with Crippen molar-refractivity contribution in [3.63, 3.8) is 0 Å². The maximum atomic E-state index is 12.9. The van der Waals surface area contributed by atoms with Gasteiger partial charge in [-0.15, -0.1) is 0 Å². The molecule has 1 spiro atoms. The molecule has 0 saturated carbocycles. The number of aliphatic hydroxyl groups is 1. The summed E-state index contributed by atoms with van der Waals surface area (Å²) in [4.78, 5) is 25.4. The number of anilines is 1. The summed E-state index contributed by atoms with van der Waals surface area (Å²) >= 11 is 0. The predicted octanol–water partition coefficient (Wildman–Crippen LogP) is 0.305. The van der Waals surface area contributed by atoms with Gasteiger partial charge in [0.25, 0.3) is 0 Å². The summed E-state index contributed by atoms with van der Waals surface area (Å²) in [6.07, 6.45) is 2.60. The zero-order chi connectivity index (χ0) is 17.2. The van der Waals surface area contributed by atoms with Crippen molar-refractivity contribution >= 4 is 11.9 Å². The third-order valence-electron chi connectivity index (χ3n) is 4.92. The molecule has 1 amide bonds. The van der Waals surface area contributed by atoms with Crippen molar-refractivity contribution in [3.05, 3.63) is 6.07 Å². The first-order valence-corrected chi connectivity index (χ1v) is 8.24. The molecule has 132 valence electrons. The maximum Gasteiger partial charge on any atom is 0.232 e. The minimum absolute atomic E-state index is 0.00171. The molecule has 1 N–H and O–H groups in total. The summed E-state index contributed by atoms with van der Waals surface area (Å²) in [5.74, 6) is 1.54. The molecule has 3 rings (SSSR count). The molecule has 2 fully saturated rings. The Morgan fingerprint density at radius 3 is 2.54 bits per heavy atom. The number of nitrogens with zero attached hydrogens (tertiary/aromatic N) is 4. The largest absolute Gasteiger partial charge is 0.481 e. The van der Waals surface area contributed by atoms with Crippen LogP contribution in [0.4, 0.5) is 5.95 Å². The second-order valence-corrected chi connectivity index (χ2v) is 6.32. The van der Waals surface area contributed by atoms with Crippen LogP contribution >= 0.6 is 0 Å². The van der Waals surface area contributed by atoms with Crippen molar-refractivity contribution in [3.8, 4) is 11.8 Å². The lowest BCUT2D eigenvalue weighted by Crippen LogP contribution is -2.50. The molecule has 8 heteroatoms. The molecule has 2 aliphatic rings. The Morgan fingerprint density at radius 2 is 1.92 bits per heavy atom. The van der Waals surface area contributed by atoms with Crippen LogP contribution < -0.4 is 14.4 Å². The van der Waals surface area contributed by atoms with Gasteiger partial charge in [-0.2, -0.15) is 9.97 Å². The fourth-order valence-corrected chi connectivity index (χ4v) is 3.65. The molecule has 2 saturated heterocycles. The van der Waals surface area contributed by atoms with Crippen LogP contribution in [0.2, 0.25) is 0 Å². The Hall–Kier alpha value is -2.09. The van der Waals surface area contributed by atoms with E-state index in [2.05, 4.69) is 9.97 Å². The first-order valence-electron chi connectivity index (χ1n) is 8.24. The van der Waals surface area contributed by atoms with Crippen molar-refractivity contribution < 1.29 is 19.4 Å². The quantitative estimate of drug-likeness (QED) is 0.827. The van der Waals surface area contributed by atoms with Crippen LogP contribution in [0.1, 0.15) is 19.3 Å². The molecule has 1 aromatic rings. The summed E-state index contributed by atoms with van der Waals surface area (Å²) in [6.45, 7) is 2.44. The van der Waals surface area contributed by atoms with Gasteiger partial charge in [0.15, 0.2) is 0 Å². The maximum absolute atomic E-state index is 12.9. The van der Waals surface area contributed by atoms with Gasteiger partial charge in [-0.1, -0.05) is 0 Å². The van der Waals surface area contributed by atoms with Crippen molar-refractivity contribution in [2.45, 2.75) is 19.3 Å². The molecule has 3 heterocycles. The van der Waals surface area contributed by atoms with Gasteiger partial charge in [-0.25, -0.2) is 0 Å². The van der Waals surface area contributed by atoms with E-state index < -0.39 is 5.41 Å². The Bertz CT molecular complexity index is 587. The van der Waals surface area contributed by atoms with Gasteiger partial charge in [-0.05, 0) is 19.3 Å². The summed E-state index contributed by atoms with van der Waals surface area (Å²) in [5, 5.41) is 9.16. The average Bonchev–Trinajstić information content (AvgIpc) is 3.04. The van der Waals surface area contributed by atoms with Crippen molar-refractivity contribution in [1.82, 2.24) is 14.9 Å². The van der Waals surface area contributed by atoms with E-state index in [0.717, 1.165) is 32.4 Å². The van der Waals surface area contributed by atoms with E-state index in [4.69, 9.17) is 14.6 Å². The molecule has 1 aromatic heterocycles. The number of aromatic nitrogens is 2. The molecule has 0 unspecified atom stereocenters. The van der Waals surface area contributed by atoms with Gasteiger partial charge in [0, 0.05) is 26.2 Å². The SMILES string of the molecule is COc1cc(OC)nc(N2CC[C@]3(CCCN(CCO)C3=O)C2)n1.